The number of carbonyl (C=O) groups is 2. The van der Waals surface area contributed by atoms with Gasteiger partial charge in [0.15, 0.2) is 0 Å². The van der Waals surface area contributed by atoms with Crippen molar-refractivity contribution in [1.82, 2.24) is 5.32 Å². The fourth-order valence-electron chi connectivity index (χ4n) is 9.18. The van der Waals surface area contributed by atoms with Gasteiger partial charge in [-0.25, -0.2) is 8.42 Å². The first kappa shape index (κ1) is 28.7. The highest BCUT2D eigenvalue weighted by Gasteiger charge is 2.66. The Morgan fingerprint density at radius 2 is 1.81 bits per heavy atom. The van der Waals surface area contributed by atoms with Crippen molar-refractivity contribution in [3.05, 3.63) is 0 Å². The van der Waals surface area contributed by atoms with Gasteiger partial charge in [0.05, 0.1) is 30.8 Å². The van der Waals surface area contributed by atoms with Gasteiger partial charge in [0.1, 0.15) is 0 Å². The van der Waals surface area contributed by atoms with Crippen molar-refractivity contribution in [2.24, 2.45) is 46.3 Å². The van der Waals surface area contributed by atoms with Gasteiger partial charge in [-0.2, -0.15) is 0 Å². The lowest BCUT2D eigenvalue weighted by Gasteiger charge is -2.64. The maximum atomic E-state index is 12.1. The molecule has 0 aromatic carbocycles. The largest absolute Gasteiger partial charge is 0.726 e. The molecule has 0 saturated heterocycles. The summed E-state index contributed by atoms with van der Waals surface area (Å²) in [7, 11) is -4.93. The summed E-state index contributed by atoms with van der Waals surface area (Å²) in [6, 6.07) is 0. The second-order valence-electron chi connectivity index (χ2n) is 12.7. The van der Waals surface area contributed by atoms with Crippen molar-refractivity contribution < 1.29 is 42.1 Å². The Hall–Kier alpha value is -1.27. The Bertz CT molecular complexity index is 989. The third kappa shape index (κ3) is 5.44. The minimum absolute atomic E-state index is 0.0106. The van der Waals surface area contributed by atoms with E-state index in [0.29, 0.717) is 32.1 Å². The van der Waals surface area contributed by atoms with E-state index < -0.39 is 46.6 Å². The molecular formula is C26H41NO9S-2. The highest BCUT2D eigenvalue weighted by Crippen LogP contribution is 2.68. The quantitative estimate of drug-likeness (QED) is 0.294. The van der Waals surface area contributed by atoms with E-state index in [1.807, 2.05) is 6.92 Å². The summed E-state index contributed by atoms with van der Waals surface area (Å²) in [6.45, 7) is 5.77. The van der Waals surface area contributed by atoms with E-state index in [1.54, 1.807) is 0 Å². The van der Waals surface area contributed by atoms with Crippen LogP contribution in [0.5, 0.6) is 0 Å². The number of fused-ring (bicyclic) bond motifs is 5. The summed E-state index contributed by atoms with van der Waals surface area (Å²) < 4.78 is 40.6. The van der Waals surface area contributed by atoms with Gasteiger partial charge in [-0.3, -0.25) is 8.98 Å². The van der Waals surface area contributed by atoms with Crippen LogP contribution in [0.25, 0.3) is 0 Å². The van der Waals surface area contributed by atoms with Gasteiger partial charge in [0.25, 0.3) is 0 Å². The van der Waals surface area contributed by atoms with Crippen molar-refractivity contribution in [3.8, 4) is 0 Å². The minimum Gasteiger partial charge on any atom is -0.726 e. The standard InChI is InChI=1S/C26H43NO9S/c1-14(4-7-22(30)27-13-23(31)32)17-5-6-18-24-19(12-21(29)26(17,18)3)25(2)9-8-16(28)10-15(25)11-20(24)36-37(33,34)35/h14-21,24,28-29H,4-13H2,1-3H3,(H,27,30)(H,31,32)(H,33,34,35)/p-2/t14-,15+,16-,17-,18+,19+,20-,21+,24+,25+,26-/m1/s1. The lowest BCUT2D eigenvalue weighted by atomic mass is 9.43. The predicted molar refractivity (Wildman–Crippen MR) is 129 cm³/mol. The average Bonchev–Trinajstić information content (AvgIpc) is 3.15. The zero-order valence-electron chi connectivity index (χ0n) is 21.9. The molecule has 11 heteroatoms. The molecular weight excluding hydrogens is 502 g/mol. The maximum Gasteiger partial charge on any atom is 0.220 e. The molecule has 0 radical (unpaired) electrons. The summed E-state index contributed by atoms with van der Waals surface area (Å²) in [4.78, 5) is 22.7. The average molecular weight is 544 g/mol. The molecule has 10 nitrogen and oxygen atoms in total. The van der Waals surface area contributed by atoms with E-state index in [-0.39, 0.29) is 53.3 Å². The van der Waals surface area contributed by atoms with Gasteiger partial charge < -0.3 is 30.0 Å². The van der Waals surface area contributed by atoms with Gasteiger partial charge in [-0.05, 0) is 97.7 Å². The SMILES string of the molecule is C[C@H](CCC(=O)NCC(=O)[O-])[C@H]1CC[C@H]2[C@@H]3[C@H](OS(=O)(=O)[O-])C[C@@H]4C[C@H](O)CC[C@]4(C)[C@H]3C[C@H](O)[C@]12C. The molecule has 4 fully saturated rings. The highest BCUT2D eigenvalue weighted by atomic mass is 32.3. The molecule has 0 aliphatic heterocycles. The fraction of sp³-hybridized carbons (Fsp3) is 0.923. The molecule has 4 aliphatic carbocycles. The lowest BCUT2D eigenvalue weighted by molar-refractivity contribution is -0.304. The monoisotopic (exact) mass is 543 g/mol. The molecule has 0 bridgehead atoms. The molecule has 0 aromatic heterocycles. The van der Waals surface area contributed by atoms with Gasteiger partial charge >= 0.3 is 0 Å². The number of aliphatic hydroxyl groups is 2. The minimum atomic E-state index is -4.93. The number of hydrogen-bond acceptors (Lipinski definition) is 9. The van der Waals surface area contributed by atoms with Crippen molar-refractivity contribution in [3.63, 3.8) is 0 Å². The van der Waals surface area contributed by atoms with E-state index in [1.165, 1.54) is 0 Å². The Labute approximate surface area is 219 Å². The molecule has 3 N–H and O–H groups in total. The Kier molecular flexibility index (Phi) is 8.05. The van der Waals surface area contributed by atoms with Crippen LogP contribution in [0, 0.1) is 46.3 Å². The molecule has 0 spiro atoms. The second-order valence-corrected chi connectivity index (χ2v) is 13.7. The molecule has 37 heavy (non-hydrogen) atoms. The summed E-state index contributed by atoms with van der Waals surface area (Å²) in [5.74, 6) is -1.83. The van der Waals surface area contributed by atoms with E-state index in [2.05, 4.69) is 19.2 Å². The van der Waals surface area contributed by atoms with E-state index in [9.17, 15) is 37.9 Å². The zero-order chi connectivity index (χ0) is 27.3. The summed E-state index contributed by atoms with van der Waals surface area (Å²) in [5, 5.41) is 34.9. The molecule has 0 aromatic rings. The summed E-state index contributed by atoms with van der Waals surface area (Å²) >= 11 is 0. The van der Waals surface area contributed by atoms with E-state index >= 15 is 0 Å². The van der Waals surface area contributed by atoms with Gasteiger partial charge in [-0.15, -0.1) is 0 Å². The number of rotatable bonds is 8. The van der Waals surface area contributed by atoms with Crippen molar-refractivity contribution in [2.45, 2.75) is 96.9 Å². The lowest BCUT2D eigenvalue weighted by Crippen LogP contribution is -2.63. The number of aliphatic hydroxyl groups excluding tert-OH is 2. The summed E-state index contributed by atoms with van der Waals surface area (Å²) in [6.07, 6.45) is 3.26. The van der Waals surface area contributed by atoms with Gasteiger partial charge in [0, 0.05) is 6.42 Å². The van der Waals surface area contributed by atoms with Gasteiger partial charge in [-0.1, -0.05) is 20.8 Å². The number of hydrogen-bond donors (Lipinski definition) is 3. The molecule has 4 aliphatic rings. The van der Waals surface area contributed by atoms with E-state index in [4.69, 9.17) is 4.18 Å². The third-order valence-electron chi connectivity index (χ3n) is 11.0. The number of carbonyl (C=O) groups excluding carboxylic acids is 2. The van der Waals surface area contributed by atoms with Crippen LogP contribution in [0.3, 0.4) is 0 Å². The molecule has 0 heterocycles. The number of aliphatic carboxylic acids is 1. The van der Waals surface area contributed by atoms with Crippen LogP contribution < -0.4 is 10.4 Å². The smallest absolute Gasteiger partial charge is 0.220 e. The van der Waals surface area contributed by atoms with Crippen LogP contribution in [0.2, 0.25) is 0 Å². The number of nitrogens with one attached hydrogen (secondary N) is 1. The first-order chi connectivity index (χ1) is 17.2. The maximum absolute atomic E-state index is 12.1. The Balaban J connectivity index is 1.58. The number of carboxylic acid groups (broad SMARTS) is 1. The van der Waals surface area contributed by atoms with Crippen LogP contribution >= 0.6 is 0 Å². The molecule has 212 valence electrons. The summed E-state index contributed by atoms with van der Waals surface area (Å²) in [5.41, 5.74) is -0.715. The first-order valence-corrected chi connectivity index (χ1v) is 15.0. The zero-order valence-corrected chi connectivity index (χ0v) is 22.7. The van der Waals surface area contributed by atoms with Gasteiger partial charge in [0.2, 0.25) is 16.3 Å². The van der Waals surface area contributed by atoms with Crippen LogP contribution in [-0.2, 0) is 24.2 Å². The number of amides is 1. The topological polar surface area (TPSA) is 176 Å². The first-order valence-electron chi connectivity index (χ1n) is 13.6. The third-order valence-corrected chi connectivity index (χ3v) is 11.5. The van der Waals surface area contributed by atoms with Crippen LogP contribution in [0.15, 0.2) is 0 Å². The Morgan fingerprint density at radius 1 is 1.11 bits per heavy atom. The second kappa shape index (κ2) is 10.4. The molecule has 11 atom stereocenters. The normalized spacial score (nSPS) is 44.3. The number of carboxylic acids is 1. The molecule has 1 amide bonds. The molecule has 0 unspecified atom stereocenters. The predicted octanol–water partition coefficient (Wildman–Crippen LogP) is 0.715. The Morgan fingerprint density at radius 3 is 2.46 bits per heavy atom. The van der Waals surface area contributed by atoms with Crippen LogP contribution in [0.4, 0.5) is 0 Å². The highest BCUT2D eigenvalue weighted by molar-refractivity contribution is 7.80. The van der Waals surface area contributed by atoms with Crippen LogP contribution in [0.1, 0.15) is 78.6 Å². The fourth-order valence-corrected chi connectivity index (χ4v) is 9.69. The van der Waals surface area contributed by atoms with Crippen molar-refractivity contribution in [2.75, 3.05) is 6.54 Å². The molecule has 4 saturated carbocycles. The van der Waals surface area contributed by atoms with Crippen molar-refractivity contribution >= 4 is 22.3 Å². The molecule has 4 rings (SSSR count). The van der Waals surface area contributed by atoms with E-state index in [0.717, 1.165) is 19.3 Å². The van der Waals surface area contributed by atoms with Crippen molar-refractivity contribution in [1.29, 1.82) is 0 Å². The van der Waals surface area contributed by atoms with Crippen LogP contribution in [-0.4, -0.2) is 59.9 Å².